The first kappa shape index (κ1) is 16.8. The molecule has 0 spiro atoms. The van der Waals surface area contributed by atoms with Crippen LogP contribution in [0.3, 0.4) is 0 Å². The van der Waals surface area contributed by atoms with Gasteiger partial charge in [0.1, 0.15) is 0 Å². The third-order valence-corrected chi connectivity index (χ3v) is 4.04. The van der Waals surface area contributed by atoms with Crippen molar-refractivity contribution < 1.29 is 9.53 Å². The summed E-state index contributed by atoms with van der Waals surface area (Å²) in [5.41, 5.74) is 4.52. The second-order valence-corrected chi connectivity index (χ2v) is 5.46. The van der Waals surface area contributed by atoms with Crippen LogP contribution in [0.1, 0.15) is 18.9 Å². The van der Waals surface area contributed by atoms with Crippen LogP contribution in [0.5, 0.6) is 0 Å². The summed E-state index contributed by atoms with van der Waals surface area (Å²) in [5, 5.41) is 0. The zero-order valence-corrected chi connectivity index (χ0v) is 13.7. The van der Waals surface area contributed by atoms with Crippen LogP contribution in [-0.4, -0.2) is 13.1 Å². The minimum Gasteiger partial charge on any atom is -0.465 e. The molecule has 0 fully saturated rings. The average Bonchev–Trinajstić information content (AvgIpc) is 2.60. The van der Waals surface area contributed by atoms with Crippen LogP contribution in [0.25, 0.3) is 5.57 Å². The molecule has 0 radical (unpaired) electrons. The zero-order valence-electron chi connectivity index (χ0n) is 13.7. The van der Waals surface area contributed by atoms with Crippen molar-refractivity contribution in [1.29, 1.82) is 0 Å². The highest BCUT2D eigenvalue weighted by molar-refractivity contribution is 5.95. The van der Waals surface area contributed by atoms with Gasteiger partial charge in [-0.05, 0) is 34.6 Å². The Hall–Kier alpha value is -2.61. The van der Waals surface area contributed by atoms with E-state index >= 15 is 0 Å². The number of ether oxygens (including phenoxy) is 1. The first-order valence-electron chi connectivity index (χ1n) is 7.68. The summed E-state index contributed by atoms with van der Waals surface area (Å²) in [4.78, 5) is 12.2. The minimum absolute atomic E-state index is 0.209. The lowest BCUT2D eigenvalue weighted by Gasteiger charge is -2.24. The molecule has 1 aromatic carbocycles. The van der Waals surface area contributed by atoms with Crippen LogP contribution in [0.2, 0.25) is 0 Å². The first-order chi connectivity index (χ1) is 11.1. The van der Waals surface area contributed by atoms with E-state index in [0.29, 0.717) is 5.57 Å². The van der Waals surface area contributed by atoms with E-state index in [4.69, 9.17) is 4.74 Å². The van der Waals surface area contributed by atoms with Crippen molar-refractivity contribution in [2.24, 2.45) is 5.92 Å². The summed E-state index contributed by atoms with van der Waals surface area (Å²) in [5.74, 6) is -0.112. The van der Waals surface area contributed by atoms with Crippen LogP contribution in [-0.2, 0) is 9.53 Å². The van der Waals surface area contributed by atoms with Gasteiger partial charge in [-0.25, -0.2) is 4.79 Å². The largest absolute Gasteiger partial charge is 0.465 e. The van der Waals surface area contributed by atoms with Gasteiger partial charge in [0.15, 0.2) is 0 Å². The molecule has 0 N–H and O–H groups in total. The number of methoxy groups -OCH3 is 1. The van der Waals surface area contributed by atoms with Gasteiger partial charge in [0, 0.05) is 0 Å². The van der Waals surface area contributed by atoms with Gasteiger partial charge in [0.2, 0.25) is 0 Å². The molecule has 118 valence electrons. The normalized spacial score (nSPS) is 18.3. The second-order valence-electron chi connectivity index (χ2n) is 5.46. The molecular weight excluding hydrogens is 284 g/mol. The molecule has 2 nitrogen and oxygen atoms in total. The maximum Gasteiger partial charge on any atom is 0.338 e. The predicted octanol–water partition coefficient (Wildman–Crippen LogP) is 4.88. The average molecular weight is 306 g/mol. The predicted molar refractivity (Wildman–Crippen MR) is 95.7 cm³/mol. The number of carbonyl (C=O) groups is 1. The molecule has 1 unspecified atom stereocenters. The van der Waals surface area contributed by atoms with Gasteiger partial charge in [-0.15, -0.1) is 0 Å². The quantitative estimate of drug-likeness (QED) is 0.572. The van der Waals surface area contributed by atoms with Crippen LogP contribution >= 0.6 is 0 Å². The van der Waals surface area contributed by atoms with Gasteiger partial charge in [-0.1, -0.05) is 74.7 Å². The van der Waals surface area contributed by atoms with E-state index in [2.05, 4.69) is 20.1 Å². The Bertz CT molecular complexity index is 703. The molecular formula is C21H22O2. The van der Waals surface area contributed by atoms with Crippen LogP contribution in [0.4, 0.5) is 0 Å². The smallest absolute Gasteiger partial charge is 0.338 e. The van der Waals surface area contributed by atoms with E-state index in [9.17, 15) is 4.79 Å². The number of hydrogen-bond acceptors (Lipinski definition) is 2. The van der Waals surface area contributed by atoms with Gasteiger partial charge < -0.3 is 4.74 Å². The lowest BCUT2D eigenvalue weighted by molar-refractivity contribution is -0.135. The Labute approximate surface area is 138 Å². The number of hydrogen-bond donors (Lipinski definition) is 0. The fourth-order valence-electron chi connectivity index (χ4n) is 2.93. The molecule has 0 saturated heterocycles. The lowest BCUT2D eigenvalue weighted by Crippen LogP contribution is -2.15. The molecule has 0 heterocycles. The fraction of sp³-hybridized carbons (Fsp3) is 0.190. The maximum absolute atomic E-state index is 12.2. The fourth-order valence-corrected chi connectivity index (χ4v) is 2.93. The molecule has 2 rings (SSSR count). The summed E-state index contributed by atoms with van der Waals surface area (Å²) >= 11 is 0. The third kappa shape index (κ3) is 3.42. The van der Waals surface area contributed by atoms with Crippen LogP contribution in [0.15, 0.2) is 84.5 Å². The second kappa shape index (κ2) is 7.59. The Morgan fingerprint density at radius 3 is 2.39 bits per heavy atom. The van der Waals surface area contributed by atoms with Crippen LogP contribution < -0.4 is 0 Å². The molecule has 0 bridgehead atoms. The molecule has 2 heteroatoms. The monoisotopic (exact) mass is 306 g/mol. The highest BCUT2D eigenvalue weighted by Crippen LogP contribution is 2.36. The SMILES string of the molecule is C=C/C(C1=C(C(=O)OC)C=CCC1C)=C(\C=C)c1ccccc1. The Morgan fingerprint density at radius 2 is 1.83 bits per heavy atom. The van der Waals surface area contributed by atoms with Crippen molar-refractivity contribution in [3.8, 4) is 0 Å². The molecule has 0 saturated carbocycles. The van der Waals surface area contributed by atoms with Crippen molar-refractivity contribution in [2.75, 3.05) is 7.11 Å². The first-order valence-corrected chi connectivity index (χ1v) is 7.68. The van der Waals surface area contributed by atoms with Crippen molar-refractivity contribution in [3.63, 3.8) is 0 Å². The molecule has 1 aliphatic carbocycles. The molecule has 0 aliphatic heterocycles. The van der Waals surface area contributed by atoms with Gasteiger partial charge >= 0.3 is 5.97 Å². The number of rotatable bonds is 5. The number of esters is 1. The van der Waals surface area contributed by atoms with Gasteiger partial charge in [-0.2, -0.15) is 0 Å². The Morgan fingerprint density at radius 1 is 1.17 bits per heavy atom. The van der Waals surface area contributed by atoms with E-state index in [0.717, 1.165) is 28.7 Å². The van der Waals surface area contributed by atoms with Gasteiger partial charge in [-0.3, -0.25) is 0 Å². The van der Waals surface area contributed by atoms with Crippen molar-refractivity contribution in [3.05, 3.63) is 90.1 Å². The standard InChI is InChI=1S/C21H22O2/c1-5-17(16-12-8-7-9-13-16)18(6-2)20-15(3)11-10-14-19(20)21(22)23-4/h5-10,12-15H,1-2,11H2,3-4H3/b18-17-. The van der Waals surface area contributed by atoms with Crippen molar-refractivity contribution in [2.45, 2.75) is 13.3 Å². The van der Waals surface area contributed by atoms with E-state index < -0.39 is 0 Å². The summed E-state index contributed by atoms with van der Waals surface area (Å²) in [6, 6.07) is 10.0. The van der Waals surface area contributed by atoms with Crippen molar-refractivity contribution in [1.82, 2.24) is 0 Å². The minimum atomic E-state index is -0.321. The summed E-state index contributed by atoms with van der Waals surface area (Å²) in [6.07, 6.45) is 8.36. The van der Waals surface area contributed by atoms with E-state index in [1.165, 1.54) is 7.11 Å². The van der Waals surface area contributed by atoms with Crippen LogP contribution in [0, 0.1) is 5.92 Å². The Kier molecular flexibility index (Phi) is 5.53. The molecule has 1 aliphatic rings. The molecule has 23 heavy (non-hydrogen) atoms. The molecule has 1 aromatic rings. The summed E-state index contributed by atoms with van der Waals surface area (Å²) in [7, 11) is 1.41. The number of carbonyl (C=O) groups excluding carboxylic acids is 1. The zero-order chi connectivity index (χ0) is 16.8. The molecule has 0 amide bonds. The van der Waals surface area contributed by atoms with E-state index in [1.807, 2.05) is 48.6 Å². The summed E-state index contributed by atoms with van der Waals surface area (Å²) < 4.78 is 4.95. The van der Waals surface area contributed by atoms with Gasteiger partial charge in [0.25, 0.3) is 0 Å². The van der Waals surface area contributed by atoms with Gasteiger partial charge in [0.05, 0.1) is 12.7 Å². The van der Waals surface area contributed by atoms with E-state index in [1.54, 1.807) is 6.08 Å². The van der Waals surface area contributed by atoms with Crippen molar-refractivity contribution >= 4 is 11.5 Å². The molecule has 0 aromatic heterocycles. The lowest BCUT2D eigenvalue weighted by atomic mass is 9.80. The van der Waals surface area contributed by atoms with E-state index in [-0.39, 0.29) is 11.9 Å². The maximum atomic E-state index is 12.2. The highest BCUT2D eigenvalue weighted by atomic mass is 16.5. The number of allylic oxidation sites excluding steroid dienone is 6. The third-order valence-electron chi connectivity index (χ3n) is 4.04. The summed E-state index contributed by atoms with van der Waals surface area (Å²) in [6.45, 7) is 10.0. The Balaban J connectivity index is 2.74. The number of benzene rings is 1. The topological polar surface area (TPSA) is 26.3 Å². The highest BCUT2D eigenvalue weighted by Gasteiger charge is 2.24. The molecule has 1 atom stereocenters.